The van der Waals surface area contributed by atoms with Crippen LogP contribution in [-0.2, 0) is 0 Å². The van der Waals surface area contributed by atoms with Crippen LogP contribution in [0.4, 0.5) is 5.69 Å². The van der Waals surface area contributed by atoms with Crippen LogP contribution in [0.5, 0.6) is 0 Å². The molecule has 1 N–H and O–H groups in total. The number of rotatable bonds is 2. The van der Waals surface area contributed by atoms with Crippen molar-refractivity contribution in [2.45, 2.75) is 0 Å². The molecule has 0 aliphatic rings. The van der Waals surface area contributed by atoms with Crippen molar-refractivity contribution in [2.75, 3.05) is 11.9 Å². The van der Waals surface area contributed by atoms with E-state index < -0.39 is 0 Å². The molecule has 0 aliphatic heterocycles. The van der Waals surface area contributed by atoms with Gasteiger partial charge in [-0.15, -0.1) is 0 Å². The lowest BCUT2D eigenvalue weighted by atomic mass is 10.2. The van der Waals surface area contributed by atoms with E-state index in [1.807, 2.05) is 18.2 Å². The summed E-state index contributed by atoms with van der Waals surface area (Å²) in [5.41, 5.74) is 1.55. The minimum Gasteiger partial charge on any atom is -0.308 e. The number of hydrogen-bond donors (Lipinski definition) is 1. The van der Waals surface area contributed by atoms with Crippen molar-refractivity contribution < 1.29 is 4.79 Å². The summed E-state index contributed by atoms with van der Waals surface area (Å²) < 4.78 is 5.23. The van der Waals surface area contributed by atoms with Gasteiger partial charge in [0.1, 0.15) is 4.88 Å². The van der Waals surface area contributed by atoms with Crippen LogP contribution in [-0.4, -0.2) is 27.5 Å². The molecule has 7 heteroatoms. The Hall–Kier alpha value is -1.73. The first kappa shape index (κ1) is 12.3. The largest absolute Gasteiger partial charge is 0.308 e. The Balaban J connectivity index is 2.04. The Morgan fingerprint density at radius 1 is 1.47 bits per heavy atom. The van der Waals surface area contributed by atoms with Gasteiger partial charge < -0.3 is 4.90 Å². The molecule has 0 saturated carbocycles. The summed E-state index contributed by atoms with van der Waals surface area (Å²) in [6.07, 6.45) is 3.29. The second kappa shape index (κ2) is 4.75. The van der Waals surface area contributed by atoms with Gasteiger partial charge in [0, 0.05) is 23.1 Å². The van der Waals surface area contributed by atoms with Crippen molar-refractivity contribution in [3.05, 3.63) is 39.9 Å². The highest BCUT2D eigenvalue weighted by Gasteiger charge is 2.19. The van der Waals surface area contributed by atoms with E-state index in [0.29, 0.717) is 4.88 Å². The first-order valence-electron chi connectivity index (χ1n) is 5.48. The maximum absolute atomic E-state index is 12.5. The number of H-pyrrole nitrogens is 1. The number of benzene rings is 1. The van der Waals surface area contributed by atoms with E-state index >= 15 is 0 Å². The van der Waals surface area contributed by atoms with Gasteiger partial charge in [-0.25, -0.2) is 0 Å². The number of carbonyl (C=O) groups excluding carboxylic acids is 1. The lowest BCUT2D eigenvalue weighted by Gasteiger charge is -2.13. The predicted octanol–water partition coefficient (Wildman–Crippen LogP) is 3.06. The summed E-state index contributed by atoms with van der Waals surface area (Å²) in [7, 11) is 1.72. The molecule has 19 heavy (non-hydrogen) atoms. The van der Waals surface area contributed by atoms with Crippen molar-refractivity contribution >= 4 is 50.0 Å². The Kier molecular flexibility index (Phi) is 3.08. The van der Waals surface area contributed by atoms with Gasteiger partial charge in [0.25, 0.3) is 5.91 Å². The number of nitrogens with zero attached hydrogens (tertiary/aromatic N) is 3. The van der Waals surface area contributed by atoms with E-state index in [9.17, 15) is 4.79 Å². The first-order chi connectivity index (χ1) is 9.16. The second-order valence-corrected chi connectivity index (χ2v) is 5.68. The molecule has 3 rings (SSSR count). The van der Waals surface area contributed by atoms with Crippen molar-refractivity contribution in [3.8, 4) is 0 Å². The van der Waals surface area contributed by atoms with Crippen molar-refractivity contribution in [3.63, 3.8) is 0 Å². The van der Waals surface area contributed by atoms with Gasteiger partial charge in [0.05, 0.1) is 17.4 Å². The van der Waals surface area contributed by atoms with Gasteiger partial charge in [-0.2, -0.15) is 9.47 Å². The fourth-order valence-corrected chi connectivity index (χ4v) is 2.95. The number of carbonyl (C=O) groups is 1. The quantitative estimate of drug-likeness (QED) is 0.782. The molecule has 1 amide bonds. The number of halogens is 1. The van der Waals surface area contributed by atoms with Crippen molar-refractivity contribution in [1.29, 1.82) is 0 Å². The Morgan fingerprint density at radius 2 is 2.32 bits per heavy atom. The zero-order valence-corrected chi connectivity index (χ0v) is 12.3. The van der Waals surface area contributed by atoms with E-state index in [1.54, 1.807) is 24.3 Å². The molecule has 0 radical (unpaired) electrons. The fraction of sp³-hybridized carbons (Fsp3) is 0.0833. The number of aromatic amines is 1. The van der Waals surface area contributed by atoms with Crippen LogP contribution in [0.25, 0.3) is 10.9 Å². The van der Waals surface area contributed by atoms with E-state index in [2.05, 4.69) is 30.5 Å². The highest BCUT2D eigenvalue weighted by Crippen LogP contribution is 2.27. The molecule has 0 unspecified atom stereocenters. The normalized spacial score (nSPS) is 10.8. The summed E-state index contributed by atoms with van der Waals surface area (Å²) >= 11 is 4.63. The molecule has 2 heterocycles. The SMILES string of the molecule is CN(C(=O)c1snc2ccc(Br)cc12)c1cn[nH]c1. The standard InChI is InChI=1S/C12H9BrN4OS/c1-17(8-5-14-15-6-8)12(18)11-9-4-7(13)2-3-10(9)16-19-11/h2-6H,1H3,(H,14,15). The minimum absolute atomic E-state index is 0.0907. The Bertz CT molecular complexity index is 737. The predicted molar refractivity (Wildman–Crippen MR) is 78.6 cm³/mol. The number of anilines is 1. The monoisotopic (exact) mass is 336 g/mol. The van der Waals surface area contributed by atoms with Gasteiger partial charge in [0.15, 0.2) is 0 Å². The summed E-state index contributed by atoms with van der Waals surface area (Å²) in [5.74, 6) is -0.0907. The smallest absolute Gasteiger partial charge is 0.270 e. The van der Waals surface area contributed by atoms with Crippen molar-refractivity contribution in [1.82, 2.24) is 14.6 Å². The third-order valence-electron chi connectivity index (χ3n) is 2.81. The fourth-order valence-electron chi connectivity index (χ4n) is 1.77. The molecule has 0 saturated heterocycles. The van der Waals surface area contributed by atoms with E-state index in [-0.39, 0.29) is 5.91 Å². The third-order valence-corrected chi connectivity index (χ3v) is 4.17. The number of amides is 1. The average Bonchev–Trinajstić information content (AvgIpc) is 3.05. The molecule has 0 aliphatic carbocycles. The zero-order valence-electron chi connectivity index (χ0n) is 9.92. The van der Waals surface area contributed by atoms with Crippen LogP contribution in [0, 0.1) is 0 Å². The Morgan fingerprint density at radius 3 is 3.05 bits per heavy atom. The summed E-state index contributed by atoms with van der Waals surface area (Å²) in [4.78, 5) is 14.6. The number of hydrogen-bond acceptors (Lipinski definition) is 4. The van der Waals surface area contributed by atoms with E-state index in [0.717, 1.165) is 21.1 Å². The van der Waals surface area contributed by atoms with Gasteiger partial charge in [-0.05, 0) is 29.7 Å². The lowest BCUT2D eigenvalue weighted by Crippen LogP contribution is -2.25. The highest BCUT2D eigenvalue weighted by atomic mass is 79.9. The molecule has 5 nitrogen and oxygen atoms in total. The molecular weight excluding hydrogens is 328 g/mol. The molecule has 96 valence electrons. The first-order valence-corrected chi connectivity index (χ1v) is 7.05. The third kappa shape index (κ3) is 2.15. The molecule has 1 aromatic carbocycles. The van der Waals surface area contributed by atoms with Crippen LogP contribution >= 0.6 is 27.5 Å². The van der Waals surface area contributed by atoms with Gasteiger partial charge >= 0.3 is 0 Å². The molecular formula is C12H9BrN4OS. The van der Waals surface area contributed by atoms with Crippen LogP contribution < -0.4 is 4.90 Å². The van der Waals surface area contributed by atoms with Gasteiger partial charge in [0.2, 0.25) is 0 Å². The van der Waals surface area contributed by atoms with E-state index in [4.69, 9.17) is 0 Å². The van der Waals surface area contributed by atoms with Crippen LogP contribution in [0.3, 0.4) is 0 Å². The van der Waals surface area contributed by atoms with Crippen LogP contribution in [0.15, 0.2) is 35.1 Å². The molecule has 0 atom stereocenters. The number of aromatic nitrogens is 3. The number of fused-ring (bicyclic) bond motifs is 1. The number of nitrogens with one attached hydrogen (secondary N) is 1. The Labute approximate surface area is 121 Å². The van der Waals surface area contributed by atoms with Gasteiger partial charge in [-0.3, -0.25) is 9.89 Å². The molecule has 0 fully saturated rings. The summed E-state index contributed by atoms with van der Waals surface area (Å²) in [6, 6.07) is 5.72. The maximum atomic E-state index is 12.5. The topological polar surface area (TPSA) is 61.9 Å². The maximum Gasteiger partial charge on any atom is 0.270 e. The molecule has 2 aromatic heterocycles. The summed E-state index contributed by atoms with van der Waals surface area (Å²) in [6.45, 7) is 0. The minimum atomic E-state index is -0.0907. The average molecular weight is 337 g/mol. The molecule has 3 aromatic rings. The van der Waals surface area contributed by atoms with E-state index in [1.165, 1.54) is 11.5 Å². The highest BCUT2D eigenvalue weighted by molar-refractivity contribution is 9.10. The van der Waals surface area contributed by atoms with Crippen molar-refractivity contribution in [2.24, 2.45) is 0 Å². The molecule has 0 bridgehead atoms. The second-order valence-electron chi connectivity index (χ2n) is 3.99. The van der Waals surface area contributed by atoms with Gasteiger partial charge in [-0.1, -0.05) is 15.9 Å². The van der Waals surface area contributed by atoms with Crippen LogP contribution in [0.2, 0.25) is 0 Å². The van der Waals surface area contributed by atoms with Crippen LogP contribution in [0.1, 0.15) is 9.67 Å². The zero-order chi connectivity index (χ0) is 13.4. The lowest BCUT2D eigenvalue weighted by molar-refractivity contribution is 0.0998. The molecule has 0 spiro atoms. The summed E-state index contributed by atoms with van der Waals surface area (Å²) in [5, 5.41) is 7.40.